The molecule has 1 aromatic rings. The molecule has 0 fully saturated rings. The van der Waals surface area contributed by atoms with Crippen LogP contribution >= 0.6 is 0 Å². The van der Waals surface area contributed by atoms with Crippen molar-refractivity contribution >= 4 is 16.0 Å². The normalized spacial score (nSPS) is 12.3. The number of pyridine rings is 1. The van der Waals surface area contributed by atoms with Crippen molar-refractivity contribution in [3.63, 3.8) is 0 Å². The third-order valence-corrected chi connectivity index (χ3v) is 3.69. The second-order valence-electron chi connectivity index (χ2n) is 3.77. The van der Waals surface area contributed by atoms with Crippen molar-refractivity contribution < 1.29 is 13.2 Å². The van der Waals surface area contributed by atoms with Gasteiger partial charge < -0.3 is 15.8 Å². The zero-order valence-electron chi connectivity index (χ0n) is 11.2. The summed E-state index contributed by atoms with van der Waals surface area (Å²) in [4.78, 5) is 7.86. The second kappa shape index (κ2) is 8.46. The number of nitrogens with zero attached hydrogens (tertiary/aromatic N) is 2. The first kappa shape index (κ1) is 16.3. The van der Waals surface area contributed by atoms with Crippen LogP contribution in [0.1, 0.15) is 0 Å². The lowest BCUT2D eigenvalue weighted by Crippen LogP contribution is -2.35. The lowest BCUT2D eigenvalue weighted by Gasteiger charge is -2.06. The van der Waals surface area contributed by atoms with Crippen molar-refractivity contribution in [2.45, 2.75) is 4.90 Å². The third-order valence-electron chi connectivity index (χ3n) is 2.24. The zero-order valence-corrected chi connectivity index (χ0v) is 12.1. The van der Waals surface area contributed by atoms with E-state index in [1.165, 1.54) is 18.5 Å². The molecule has 8 nitrogen and oxygen atoms in total. The Labute approximate surface area is 118 Å². The predicted molar refractivity (Wildman–Crippen MR) is 75.8 cm³/mol. The van der Waals surface area contributed by atoms with Crippen molar-refractivity contribution in [1.29, 1.82) is 0 Å². The average Bonchev–Trinajstić information content (AvgIpc) is 2.45. The minimum absolute atomic E-state index is 0.121. The van der Waals surface area contributed by atoms with Gasteiger partial charge in [0.15, 0.2) is 5.96 Å². The molecule has 0 aromatic carbocycles. The number of nitrogens with one attached hydrogen (secondary N) is 2. The Bertz CT molecular complexity index is 518. The Morgan fingerprint density at radius 3 is 2.95 bits per heavy atom. The molecule has 0 saturated carbocycles. The van der Waals surface area contributed by atoms with E-state index in [0.717, 1.165) is 0 Å². The standard InChI is InChI=1S/C11H19N5O3S/c1-19-8-7-15-11(12)14-5-6-16-20(17,18)10-3-2-4-13-9-10/h2-4,9,16H,5-8H2,1H3,(H3,12,14,15). The number of sulfonamides is 1. The van der Waals surface area contributed by atoms with Gasteiger partial charge in [-0.1, -0.05) is 0 Å². The van der Waals surface area contributed by atoms with Crippen molar-refractivity contribution in [1.82, 2.24) is 15.0 Å². The largest absolute Gasteiger partial charge is 0.383 e. The van der Waals surface area contributed by atoms with E-state index in [-0.39, 0.29) is 23.9 Å². The maximum absolute atomic E-state index is 11.8. The summed E-state index contributed by atoms with van der Waals surface area (Å²) in [6.45, 7) is 1.46. The quantitative estimate of drug-likeness (QED) is 0.319. The molecule has 0 spiro atoms. The van der Waals surface area contributed by atoms with Crippen LogP contribution in [0.25, 0.3) is 0 Å². The second-order valence-corrected chi connectivity index (χ2v) is 5.54. The smallest absolute Gasteiger partial charge is 0.242 e. The van der Waals surface area contributed by atoms with Crippen LogP contribution in [-0.2, 0) is 14.8 Å². The van der Waals surface area contributed by atoms with E-state index in [1.807, 2.05) is 0 Å². The molecule has 0 unspecified atom stereocenters. The number of rotatable bonds is 8. The van der Waals surface area contributed by atoms with Gasteiger partial charge in [-0.15, -0.1) is 0 Å². The molecule has 0 aliphatic heterocycles. The van der Waals surface area contributed by atoms with Crippen molar-refractivity contribution in [3.05, 3.63) is 24.5 Å². The Balaban J connectivity index is 2.35. The molecule has 112 valence electrons. The van der Waals surface area contributed by atoms with Crippen molar-refractivity contribution in [2.75, 3.05) is 33.4 Å². The van der Waals surface area contributed by atoms with Gasteiger partial charge in [-0.2, -0.15) is 0 Å². The maximum atomic E-state index is 11.8. The molecule has 9 heteroatoms. The fourth-order valence-electron chi connectivity index (χ4n) is 1.28. The van der Waals surface area contributed by atoms with Gasteiger partial charge >= 0.3 is 0 Å². The molecule has 20 heavy (non-hydrogen) atoms. The van der Waals surface area contributed by atoms with E-state index < -0.39 is 10.0 Å². The Hall–Kier alpha value is -1.71. The molecular weight excluding hydrogens is 282 g/mol. The topological polar surface area (TPSA) is 119 Å². The molecule has 0 aliphatic rings. The molecule has 0 bridgehead atoms. The molecule has 0 amide bonds. The fourth-order valence-corrected chi connectivity index (χ4v) is 2.27. The minimum atomic E-state index is -3.54. The van der Waals surface area contributed by atoms with E-state index >= 15 is 0 Å². The van der Waals surface area contributed by atoms with Gasteiger partial charge in [-0.25, -0.2) is 13.1 Å². The first-order chi connectivity index (χ1) is 9.56. The first-order valence-corrected chi connectivity index (χ1v) is 7.47. The summed E-state index contributed by atoms with van der Waals surface area (Å²) >= 11 is 0. The fraction of sp³-hybridized carbons (Fsp3) is 0.455. The summed E-state index contributed by atoms with van der Waals surface area (Å²) in [5.74, 6) is 0.252. The summed E-state index contributed by atoms with van der Waals surface area (Å²) in [7, 11) is -1.96. The van der Waals surface area contributed by atoms with Crippen LogP contribution < -0.4 is 15.8 Å². The zero-order chi connectivity index (χ0) is 14.8. The number of aromatic nitrogens is 1. The number of ether oxygens (including phenoxy) is 1. The van der Waals surface area contributed by atoms with Gasteiger partial charge in [0.05, 0.1) is 13.2 Å². The molecule has 0 radical (unpaired) electrons. The highest BCUT2D eigenvalue weighted by atomic mass is 32.2. The van der Waals surface area contributed by atoms with Gasteiger partial charge in [0.25, 0.3) is 0 Å². The van der Waals surface area contributed by atoms with Gasteiger partial charge in [-0.3, -0.25) is 9.98 Å². The molecule has 1 heterocycles. The van der Waals surface area contributed by atoms with Gasteiger partial charge in [0, 0.05) is 32.6 Å². The Kier molecular flexibility index (Phi) is 6.91. The van der Waals surface area contributed by atoms with E-state index in [2.05, 4.69) is 20.0 Å². The third kappa shape index (κ3) is 5.95. The first-order valence-electron chi connectivity index (χ1n) is 5.98. The highest BCUT2D eigenvalue weighted by molar-refractivity contribution is 7.89. The summed E-state index contributed by atoms with van der Waals surface area (Å²) in [6.07, 6.45) is 2.79. The number of nitrogens with two attached hydrogens (primary N) is 1. The van der Waals surface area contributed by atoms with Gasteiger partial charge in [-0.05, 0) is 12.1 Å². The number of methoxy groups -OCH3 is 1. The molecule has 0 saturated heterocycles. The summed E-state index contributed by atoms with van der Waals surface area (Å²) in [5.41, 5.74) is 5.57. The molecule has 1 aromatic heterocycles. The van der Waals surface area contributed by atoms with Crippen LogP contribution in [0.5, 0.6) is 0 Å². The number of guanidine groups is 1. The molecule has 4 N–H and O–H groups in total. The number of hydrogen-bond acceptors (Lipinski definition) is 5. The number of aliphatic imine (C=N–C) groups is 1. The van der Waals surface area contributed by atoms with E-state index in [0.29, 0.717) is 13.2 Å². The minimum Gasteiger partial charge on any atom is -0.383 e. The van der Waals surface area contributed by atoms with Crippen LogP contribution in [0.3, 0.4) is 0 Å². The van der Waals surface area contributed by atoms with Crippen LogP contribution in [-0.4, -0.2) is 52.7 Å². The molecule has 1 rings (SSSR count). The maximum Gasteiger partial charge on any atom is 0.242 e. The van der Waals surface area contributed by atoms with Gasteiger partial charge in [0.2, 0.25) is 10.0 Å². The van der Waals surface area contributed by atoms with Crippen LogP contribution in [0.4, 0.5) is 0 Å². The van der Waals surface area contributed by atoms with E-state index in [9.17, 15) is 8.42 Å². The van der Waals surface area contributed by atoms with Crippen LogP contribution in [0.2, 0.25) is 0 Å². The molecular formula is C11H19N5O3S. The van der Waals surface area contributed by atoms with Gasteiger partial charge in [0.1, 0.15) is 4.90 Å². The Morgan fingerprint density at radius 2 is 2.30 bits per heavy atom. The summed E-state index contributed by atoms with van der Waals surface area (Å²) in [6, 6.07) is 3.03. The lowest BCUT2D eigenvalue weighted by atomic mass is 10.5. The van der Waals surface area contributed by atoms with Crippen molar-refractivity contribution in [3.8, 4) is 0 Å². The van der Waals surface area contributed by atoms with E-state index in [4.69, 9.17) is 10.5 Å². The lowest BCUT2D eigenvalue weighted by molar-refractivity contribution is 0.204. The summed E-state index contributed by atoms with van der Waals surface area (Å²) < 4.78 is 30.9. The van der Waals surface area contributed by atoms with E-state index in [1.54, 1.807) is 13.2 Å². The van der Waals surface area contributed by atoms with Crippen molar-refractivity contribution in [2.24, 2.45) is 10.7 Å². The van der Waals surface area contributed by atoms with Crippen LogP contribution in [0, 0.1) is 0 Å². The molecule has 0 atom stereocenters. The monoisotopic (exact) mass is 301 g/mol. The summed E-state index contributed by atoms with van der Waals surface area (Å²) in [5, 5.41) is 2.83. The SMILES string of the molecule is COCCNC(N)=NCCNS(=O)(=O)c1cccnc1. The predicted octanol–water partition coefficient (Wildman–Crippen LogP) is -1.09. The van der Waals surface area contributed by atoms with Crippen LogP contribution in [0.15, 0.2) is 34.4 Å². The number of hydrogen-bond donors (Lipinski definition) is 3. The highest BCUT2D eigenvalue weighted by Gasteiger charge is 2.12. The average molecular weight is 301 g/mol. The highest BCUT2D eigenvalue weighted by Crippen LogP contribution is 2.04. The Morgan fingerprint density at radius 1 is 1.50 bits per heavy atom. The molecule has 0 aliphatic carbocycles.